The molecule has 1 aliphatic carbocycles. The number of aromatic amines is 1. The van der Waals surface area contributed by atoms with Crippen molar-refractivity contribution in [2.45, 2.75) is 24.7 Å². The SMILES string of the molecule is O=C1C[C@H](c2cccs2)CC2=C1[C@@H](c1cccc(F)c1)c1c([nH]n(-c3ccccc3)c1=O)N2. The highest BCUT2D eigenvalue weighted by atomic mass is 32.1. The zero-order valence-electron chi connectivity index (χ0n) is 17.5. The van der Waals surface area contributed by atoms with Crippen molar-refractivity contribution in [2.24, 2.45) is 0 Å². The Balaban J connectivity index is 1.54. The number of anilines is 1. The van der Waals surface area contributed by atoms with E-state index >= 15 is 0 Å². The number of carbonyl (C=O) groups excluding carboxylic acids is 1. The first kappa shape index (κ1) is 19.9. The van der Waals surface area contributed by atoms with Crippen LogP contribution in [0.5, 0.6) is 0 Å². The average Bonchev–Trinajstić information content (AvgIpc) is 3.47. The van der Waals surface area contributed by atoms with E-state index in [2.05, 4.69) is 16.5 Å². The van der Waals surface area contributed by atoms with Gasteiger partial charge in [-0.15, -0.1) is 11.3 Å². The second-order valence-corrected chi connectivity index (χ2v) is 9.40. The minimum absolute atomic E-state index is 0.00563. The minimum atomic E-state index is -0.627. The van der Waals surface area contributed by atoms with Gasteiger partial charge in [0.2, 0.25) is 0 Å². The van der Waals surface area contributed by atoms with E-state index in [-0.39, 0.29) is 17.3 Å². The Bertz CT molecular complexity index is 1450. The standard InChI is InChI=1S/C26H20FN3O2S/c27-17-7-4-6-15(12-17)22-23-19(13-16(14-20(23)31)21-10-5-11-33-21)28-25-24(22)26(32)30(29-25)18-8-2-1-3-9-18/h1-12,16,22,28-29H,13-14H2/t16-,22-/m1/s1. The van der Waals surface area contributed by atoms with Crippen LogP contribution in [-0.4, -0.2) is 15.6 Å². The number of nitrogens with zero attached hydrogens (tertiary/aromatic N) is 1. The van der Waals surface area contributed by atoms with Gasteiger partial charge in [0.05, 0.1) is 11.3 Å². The fraction of sp³-hybridized carbons (Fsp3) is 0.154. The van der Waals surface area contributed by atoms with E-state index in [0.29, 0.717) is 41.0 Å². The maximum Gasteiger partial charge on any atom is 0.277 e. The van der Waals surface area contributed by atoms with Crippen LogP contribution in [0.4, 0.5) is 10.2 Å². The highest BCUT2D eigenvalue weighted by molar-refractivity contribution is 7.10. The van der Waals surface area contributed by atoms with Crippen LogP contribution in [0.15, 0.2) is 88.2 Å². The number of ketones is 1. The third-order valence-corrected chi connectivity index (χ3v) is 7.46. The molecule has 2 N–H and O–H groups in total. The molecule has 0 saturated heterocycles. The third-order valence-electron chi connectivity index (χ3n) is 6.43. The van der Waals surface area contributed by atoms with Gasteiger partial charge in [-0.3, -0.25) is 14.7 Å². The molecular weight excluding hydrogens is 437 g/mol. The molecule has 0 amide bonds. The van der Waals surface area contributed by atoms with Gasteiger partial charge >= 0.3 is 0 Å². The molecule has 6 rings (SSSR count). The maximum atomic E-state index is 14.2. The van der Waals surface area contributed by atoms with Crippen molar-refractivity contribution in [1.29, 1.82) is 0 Å². The molecule has 33 heavy (non-hydrogen) atoms. The zero-order valence-corrected chi connectivity index (χ0v) is 18.4. The van der Waals surface area contributed by atoms with Crippen molar-refractivity contribution in [3.05, 3.63) is 116 Å². The number of hydrogen-bond donors (Lipinski definition) is 2. The van der Waals surface area contributed by atoms with Gasteiger partial charge in [0.25, 0.3) is 5.56 Å². The summed E-state index contributed by atoms with van der Waals surface area (Å²) in [5.74, 6) is -0.391. The molecule has 2 aliphatic rings. The lowest BCUT2D eigenvalue weighted by atomic mass is 9.74. The largest absolute Gasteiger partial charge is 0.343 e. The van der Waals surface area contributed by atoms with Crippen LogP contribution in [0.25, 0.3) is 5.69 Å². The van der Waals surface area contributed by atoms with E-state index in [1.165, 1.54) is 21.7 Å². The Hall–Kier alpha value is -3.71. The predicted molar refractivity (Wildman–Crippen MR) is 127 cm³/mol. The van der Waals surface area contributed by atoms with Gasteiger partial charge in [0.1, 0.15) is 11.6 Å². The van der Waals surface area contributed by atoms with Gasteiger partial charge < -0.3 is 5.32 Å². The number of allylic oxidation sites excluding steroid dienone is 2. The van der Waals surface area contributed by atoms with E-state index in [1.54, 1.807) is 23.5 Å². The molecule has 0 saturated carbocycles. The Morgan fingerprint density at radius 2 is 1.82 bits per heavy atom. The number of aromatic nitrogens is 2. The van der Waals surface area contributed by atoms with E-state index in [9.17, 15) is 14.0 Å². The summed E-state index contributed by atoms with van der Waals surface area (Å²) in [5.41, 5.74) is 2.84. The van der Waals surface area contributed by atoms with Gasteiger partial charge in [-0.1, -0.05) is 36.4 Å². The highest BCUT2D eigenvalue weighted by Gasteiger charge is 2.41. The first-order chi connectivity index (χ1) is 16.1. The van der Waals surface area contributed by atoms with Gasteiger partial charge in [-0.25, -0.2) is 9.07 Å². The molecule has 2 aromatic heterocycles. The van der Waals surface area contributed by atoms with Crippen LogP contribution in [0, 0.1) is 5.82 Å². The Morgan fingerprint density at radius 1 is 0.970 bits per heavy atom. The number of carbonyl (C=O) groups is 1. The van der Waals surface area contributed by atoms with Crippen LogP contribution >= 0.6 is 11.3 Å². The third kappa shape index (κ3) is 3.27. The molecule has 2 aromatic carbocycles. The molecule has 1 aliphatic heterocycles. The lowest BCUT2D eigenvalue weighted by Gasteiger charge is -2.34. The van der Waals surface area contributed by atoms with E-state index in [4.69, 9.17) is 0 Å². The maximum absolute atomic E-state index is 14.2. The fourth-order valence-corrected chi connectivity index (χ4v) is 5.83. The molecule has 4 aromatic rings. The molecule has 0 fully saturated rings. The molecule has 0 bridgehead atoms. The van der Waals surface area contributed by atoms with Gasteiger partial charge in [0.15, 0.2) is 5.78 Å². The summed E-state index contributed by atoms with van der Waals surface area (Å²) in [4.78, 5) is 28.2. The van der Waals surface area contributed by atoms with Crippen LogP contribution < -0.4 is 10.9 Å². The normalized spacial score (nSPS) is 19.7. The molecule has 0 radical (unpaired) electrons. The predicted octanol–water partition coefficient (Wildman–Crippen LogP) is 5.32. The first-order valence-electron chi connectivity index (χ1n) is 10.8. The Labute approximate surface area is 193 Å². The molecule has 164 valence electrons. The molecule has 0 unspecified atom stereocenters. The Kier molecular flexibility index (Phi) is 4.66. The van der Waals surface area contributed by atoms with E-state index in [1.807, 2.05) is 41.8 Å². The number of halogens is 1. The van der Waals surface area contributed by atoms with Crippen LogP contribution in [-0.2, 0) is 4.79 Å². The Morgan fingerprint density at radius 3 is 2.58 bits per heavy atom. The van der Waals surface area contributed by atoms with Crippen LogP contribution in [0.3, 0.4) is 0 Å². The van der Waals surface area contributed by atoms with Gasteiger partial charge in [-0.2, -0.15) is 0 Å². The van der Waals surface area contributed by atoms with Crippen molar-refractivity contribution >= 4 is 22.9 Å². The molecule has 0 spiro atoms. The number of H-pyrrole nitrogens is 1. The lowest BCUT2D eigenvalue weighted by Crippen LogP contribution is -2.31. The summed E-state index contributed by atoms with van der Waals surface area (Å²) in [5, 5.41) is 8.56. The highest BCUT2D eigenvalue weighted by Crippen LogP contribution is 2.47. The molecule has 7 heteroatoms. The van der Waals surface area contributed by atoms with Crippen LogP contribution in [0.2, 0.25) is 0 Å². The van der Waals surface area contributed by atoms with Crippen molar-refractivity contribution in [3.63, 3.8) is 0 Å². The number of rotatable bonds is 3. The molecule has 2 atom stereocenters. The topological polar surface area (TPSA) is 66.9 Å². The lowest BCUT2D eigenvalue weighted by molar-refractivity contribution is -0.116. The smallest absolute Gasteiger partial charge is 0.277 e. The quantitative estimate of drug-likeness (QED) is 0.437. The summed E-state index contributed by atoms with van der Waals surface area (Å²) < 4.78 is 15.7. The number of fused-ring (bicyclic) bond motifs is 1. The number of para-hydroxylation sites is 1. The van der Waals surface area contributed by atoms with Crippen molar-refractivity contribution in [1.82, 2.24) is 9.78 Å². The summed E-state index contributed by atoms with van der Waals surface area (Å²) in [7, 11) is 0. The van der Waals surface area contributed by atoms with E-state index < -0.39 is 11.7 Å². The summed E-state index contributed by atoms with van der Waals surface area (Å²) in [6.07, 6.45) is 1.03. The average molecular weight is 458 g/mol. The monoisotopic (exact) mass is 457 g/mol. The van der Waals surface area contributed by atoms with Crippen LogP contribution in [0.1, 0.15) is 40.7 Å². The minimum Gasteiger partial charge on any atom is -0.343 e. The number of nitrogens with one attached hydrogen (secondary N) is 2. The molecule has 3 heterocycles. The molecule has 5 nitrogen and oxygen atoms in total. The van der Waals surface area contributed by atoms with E-state index in [0.717, 1.165) is 5.70 Å². The second kappa shape index (κ2) is 7.71. The van der Waals surface area contributed by atoms with Crippen molar-refractivity contribution in [2.75, 3.05) is 5.32 Å². The number of thiophene rings is 1. The van der Waals surface area contributed by atoms with Crippen molar-refractivity contribution in [3.8, 4) is 5.69 Å². The second-order valence-electron chi connectivity index (χ2n) is 8.43. The number of Topliss-reactive ketones (excluding diaryl/α,β-unsaturated/α-hetero) is 1. The fourth-order valence-electron chi connectivity index (χ4n) is 5.00. The summed E-state index contributed by atoms with van der Waals surface area (Å²) in [6, 6.07) is 19.5. The summed E-state index contributed by atoms with van der Waals surface area (Å²) in [6.45, 7) is 0. The first-order valence-corrected chi connectivity index (χ1v) is 11.7. The van der Waals surface area contributed by atoms with Gasteiger partial charge in [-0.05, 0) is 47.7 Å². The van der Waals surface area contributed by atoms with Gasteiger partial charge in [0, 0.05) is 34.4 Å². The zero-order chi connectivity index (χ0) is 22.5. The number of hydrogen-bond acceptors (Lipinski definition) is 4. The summed E-state index contributed by atoms with van der Waals surface area (Å²) >= 11 is 1.65. The van der Waals surface area contributed by atoms with Crippen molar-refractivity contribution < 1.29 is 9.18 Å². The molecular formula is C26H20FN3O2S. The number of benzene rings is 2.